The highest BCUT2D eigenvalue weighted by molar-refractivity contribution is 9.10. The van der Waals surface area contributed by atoms with Crippen molar-refractivity contribution in [3.63, 3.8) is 0 Å². The number of non-ortho nitro benzene ring substituents is 1. The Morgan fingerprint density at radius 2 is 1.88 bits per heavy atom. The predicted octanol–water partition coefficient (Wildman–Crippen LogP) is 6.94. The van der Waals surface area contributed by atoms with E-state index in [0.717, 1.165) is 11.3 Å². The molecule has 1 saturated heterocycles. The number of nitro groups is 1. The smallest absolute Gasteiger partial charge is 0.270 e. The van der Waals surface area contributed by atoms with Gasteiger partial charge in [-0.2, -0.15) is 0 Å². The SMILES string of the molecule is Cc1ccc(N=C2S/C(=C/c3ccc(-c4ccc([N+](=O)[O-])cc4Br)o3)C(=O)N2C(C)C)cc1. The van der Waals surface area contributed by atoms with Gasteiger partial charge in [-0.25, -0.2) is 4.99 Å². The van der Waals surface area contributed by atoms with E-state index in [9.17, 15) is 14.9 Å². The van der Waals surface area contributed by atoms with Crippen molar-refractivity contribution in [1.82, 2.24) is 4.90 Å². The fraction of sp³-hybridized carbons (Fsp3) is 0.167. The van der Waals surface area contributed by atoms with Gasteiger partial charge in [0.25, 0.3) is 11.6 Å². The Bertz CT molecular complexity index is 1300. The van der Waals surface area contributed by atoms with E-state index in [4.69, 9.17) is 4.42 Å². The molecule has 0 N–H and O–H groups in total. The molecule has 0 bridgehead atoms. The number of aliphatic imine (C=N–C) groups is 1. The first kappa shape index (κ1) is 23.0. The van der Waals surface area contributed by atoms with Crippen molar-refractivity contribution >= 4 is 56.2 Å². The highest BCUT2D eigenvalue weighted by Crippen LogP contribution is 2.37. The highest BCUT2D eigenvalue weighted by atomic mass is 79.9. The predicted molar refractivity (Wildman–Crippen MR) is 134 cm³/mol. The summed E-state index contributed by atoms with van der Waals surface area (Å²) in [5, 5.41) is 11.6. The first-order chi connectivity index (χ1) is 15.7. The third-order valence-electron chi connectivity index (χ3n) is 4.94. The van der Waals surface area contributed by atoms with E-state index in [-0.39, 0.29) is 17.6 Å². The van der Waals surface area contributed by atoms with Gasteiger partial charge in [-0.1, -0.05) is 17.7 Å². The van der Waals surface area contributed by atoms with Gasteiger partial charge in [0.1, 0.15) is 11.5 Å². The molecule has 9 heteroatoms. The van der Waals surface area contributed by atoms with Gasteiger partial charge in [0.15, 0.2) is 5.17 Å². The average molecular weight is 526 g/mol. The second-order valence-corrected chi connectivity index (χ2v) is 9.60. The lowest BCUT2D eigenvalue weighted by molar-refractivity contribution is -0.384. The van der Waals surface area contributed by atoms with Crippen LogP contribution >= 0.6 is 27.7 Å². The summed E-state index contributed by atoms with van der Waals surface area (Å²) >= 11 is 4.67. The molecule has 0 radical (unpaired) electrons. The van der Waals surface area contributed by atoms with Gasteiger partial charge in [0.05, 0.1) is 15.5 Å². The minimum Gasteiger partial charge on any atom is -0.457 e. The molecule has 0 atom stereocenters. The molecule has 0 unspecified atom stereocenters. The number of halogens is 1. The van der Waals surface area contributed by atoms with Crippen molar-refractivity contribution in [3.05, 3.63) is 85.4 Å². The lowest BCUT2D eigenvalue weighted by atomic mass is 10.1. The highest BCUT2D eigenvalue weighted by Gasteiger charge is 2.35. The molecule has 4 rings (SSSR count). The van der Waals surface area contributed by atoms with Crippen LogP contribution in [0.3, 0.4) is 0 Å². The van der Waals surface area contributed by atoms with E-state index >= 15 is 0 Å². The van der Waals surface area contributed by atoms with Crippen LogP contribution < -0.4 is 0 Å². The van der Waals surface area contributed by atoms with Gasteiger partial charge < -0.3 is 4.42 Å². The number of aryl methyl sites for hydroxylation is 1. The van der Waals surface area contributed by atoms with Crippen molar-refractivity contribution in [2.75, 3.05) is 0 Å². The van der Waals surface area contributed by atoms with Crippen molar-refractivity contribution in [3.8, 4) is 11.3 Å². The van der Waals surface area contributed by atoms with Gasteiger partial charge >= 0.3 is 0 Å². The minimum absolute atomic E-state index is 0.0124. The fourth-order valence-electron chi connectivity index (χ4n) is 3.27. The van der Waals surface area contributed by atoms with Crippen LogP contribution in [0.4, 0.5) is 11.4 Å². The number of furan rings is 1. The quantitative estimate of drug-likeness (QED) is 0.204. The maximum absolute atomic E-state index is 13.1. The number of amidine groups is 1. The number of rotatable bonds is 5. The summed E-state index contributed by atoms with van der Waals surface area (Å²) < 4.78 is 6.47. The Kier molecular flexibility index (Phi) is 6.53. The van der Waals surface area contributed by atoms with Crippen molar-refractivity contribution < 1.29 is 14.1 Å². The number of amides is 1. The van der Waals surface area contributed by atoms with Crippen LogP contribution in [-0.2, 0) is 4.79 Å². The van der Waals surface area contributed by atoms with Gasteiger partial charge in [-0.3, -0.25) is 19.8 Å². The molecule has 0 spiro atoms. The van der Waals surface area contributed by atoms with Gasteiger partial charge in [-0.15, -0.1) is 0 Å². The molecule has 1 aromatic heterocycles. The largest absolute Gasteiger partial charge is 0.457 e. The zero-order chi connectivity index (χ0) is 23.7. The molecule has 168 valence electrons. The maximum atomic E-state index is 13.1. The zero-order valence-electron chi connectivity index (χ0n) is 18.1. The second-order valence-electron chi connectivity index (χ2n) is 7.73. The number of nitro benzene ring substituents is 1. The van der Waals surface area contributed by atoms with Gasteiger partial charge in [0, 0.05) is 34.3 Å². The van der Waals surface area contributed by atoms with Crippen molar-refractivity contribution in [2.45, 2.75) is 26.8 Å². The lowest BCUT2D eigenvalue weighted by Gasteiger charge is -2.19. The van der Waals surface area contributed by atoms with Crippen LogP contribution in [0.15, 0.2) is 73.4 Å². The zero-order valence-corrected chi connectivity index (χ0v) is 20.5. The van der Waals surface area contributed by atoms with Crippen LogP contribution in [-0.4, -0.2) is 26.9 Å². The van der Waals surface area contributed by atoms with Gasteiger partial charge in [-0.05, 0) is 78.8 Å². The first-order valence-corrected chi connectivity index (χ1v) is 11.8. The number of nitrogens with zero attached hydrogens (tertiary/aromatic N) is 3. The van der Waals surface area contributed by atoms with E-state index in [1.807, 2.05) is 45.0 Å². The molecule has 2 heterocycles. The second kappa shape index (κ2) is 9.36. The maximum Gasteiger partial charge on any atom is 0.270 e. The number of carbonyl (C=O) groups is 1. The van der Waals surface area contributed by atoms with Crippen LogP contribution in [0.2, 0.25) is 0 Å². The number of thioether (sulfide) groups is 1. The summed E-state index contributed by atoms with van der Waals surface area (Å²) in [6.07, 6.45) is 1.70. The van der Waals surface area contributed by atoms with Crippen LogP contribution in [0.1, 0.15) is 25.2 Å². The molecule has 33 heavy (non-hydrogen) atoms. The molecule has 7 nitrogen and oxygen atoms in total. The standard InChI is InChI=1S/C24H20BrN3O4S/c1-14(2)27-23(29)22(33-24(27)26-16-6-4-15(3)5-7-16)13-18-9-11-21(32-18)19-10-8-17(28(30)31)12-20(19)25/h4-14H,1-3H3/b22-13+,26-24?. The molecular formula is C24H20BrN3O4S. The number of carbonyl (C=O) groups excluding carboxylic acids is 1. The topological polar surface area (TPSA) is 89.0 Å². The molecule has 2 aromatic carbocycles. The summed E-state index contributed by atoms with van der Waals surface area (Å²) in [5.41, 5.74) is 2.59. The fourth-order valence-corrected chi connectivity index (χ4v) is 4.93. The summed E-state index contributed by atoms with van der Waals surface area (Å²) in [6, 6.07) is 15.8. The Balaban J connectivity index is 1.63. The Morgan fingerprint density at radius 3 is 2.52 bits per heavy atom. The average Bonchev–Trinajstić information content (AvgIpc) is 3.34. The van der Waals surface area contributed by atoms with Crippen LogP contribution in [0.25, 0.3) is 17.4 Å². The Morgan fingerprint density at radius 1 is 1.15 bits per heavy atom. The molecule has 3 aromatic rings. The van der Waals surface area contributed by atoms with Crippen LogP contribution in [0.5, 0.6) is 0 Å². The number of hydrogen-bond donors (Lipinski definition) is 0. The summed E-state index contributed by atoms with van der Waals surface area (Å²) in [5.74, 6) is 0.912. The van der Waals surface area contributed by atoms with E-state index in [0.29, 0.717) is 31.6 Å². The number of benzene rings is 2. The third-order valence-corrected chi connectivity index (χ3v) is 6.58. The van der Waals surface area contributed by atoms with Crippen molar-refractivity contribution in [2.24, 2.45) is 4.99 Å². The van der Waals surface area contributed by atoms with E-state index in [1.54, 1.807) is 29.2 Å². The number of hydrogen-bond acceptors (Lipinski definition) is 6. The molecule has 1 aliphatic rings. The van der Waals surface area contributed by atoms with E-state index < -0.39 is 4.92 Å². The lowest BCUT2D eigenvalue weighted by Crippen LogP contribution is -2.35. The summed E-state index contributed by atoms with van der Waals surface area (Å²) in [6.45, 7) is 5.91. The molecule has 0 saturated carbocycles. The third kappa shape index (κ3) is 4.94. The van der Waals surface area contributed by atoms with Crippen molar-refractivity contribution in [1.29, 1.82) is 0 Å². The Labute approximate surface area is 203 Å². The first-order valence-electron chi connectivity index (χ1n) is 10.2. The normalized spacial score (nSPS) is 16.4. The van der Waals surface area contributed by atoms with E-state index in [1.165, 1.54) is 23.9 Å². The molecular weight excluding hydrogens is 506 g/mol. The molecule has 0 aliphatic carbocycles. The summed E-state index contributed by atoms with van der Waals surface area (Å²) in [4.78, 5) is 30.5. The van der Waals surface area contributed by atoms with E-state index in [2.05, 4.69) is 20.9 Å². The van der Waals surface area contributed by atoms with Crippen LogP contribution in [0, 0.1) is 17.0 Å². The monoisotopic (exact) mass is 525 g/mol. The Hall–Kier alpha value is -3.17. The minimum atomic E-state index is -0.453. The molecule has 1 aliphatic heterocycles. The van der Waals surface area contributed by atoms with Gasteiger partial charge in [0.2, 0.25) is 0 Å². The summed E-state index contributed by atoms with van der Waals surface area (Å²) in [7, 11) is 0. The molecule has 1 amide bonds. The molecule has 1 fully saturated rings.